The molecule has 1 aromatic carbocycles. The van der Waals surface area contributed by atoms with Gasteiger partial charge >= 0.3 is 5.97 Å². The predicted octanol–water partition coefficient (Wildman–Crippen LogP) is 3.62. The molecule has 0 aromatic heterocycles. The molecule has 8 atom stereocenters. The highest BCUT2D eigenvalue weighted by Gasteiger charge is 2.76. The molecule has 3 fully saturated rings. The topological polar surface area (TPSA) is 125 Å². The zero-order chi connectivity index (χ0) is 33.1. The minimum Gasteiger partial charge on any atom is -0.460 e. The van der Waals surface area contributed by atoms with E-state index in [1.807, 2.05) is 45.9 Å². The van der Waals surface area contributed by atoms with Gasteiger partial charge in [-0.15, -0.1) is 13.2 Å². The second-order valence-corrected chi connectivity index (χ2v) is 12.8. The van der Waals surface area contributed by atoms with Crippen molar-refractivity contribution in [2.24, 2.45) is 17.8 Å². The lowest BCUT2D eigenvalue weighted by Crippen LogP contribution is -2.60. The van der Waals surface area contributed by atoms with Crippen molar-refractivity contribution in [3.05, 3.63) is 54.6 Å². The number of benzene rings is 1. The number of nitrogens with zero attached hydrogens (tertiary/aromatic N) is 2. The summed E-state index contributed by atoms with van der Waals surface area (Å²) in [5, 5.41) is 13.4. The summed E-state index contributed by atoms with van der Waals surface area (Å²) in [6.07, 6.45) is 4.52. The van der Waals surface area contributed by atoms with Crippen molar-refractivity contribution in [3.8, 4) is 0 Å². The van der Waals surface area contributed by atoms with Crippen LogP contribution in [0.1, 0.15) is 64.0 Å². The third kappa shape index (κ3) is 6.31. The van der Waals surface area contributed by atoms with Crippen LogP contribution in [0.4, 0.5) is 5.69 Å². The van der Waals surface area contributed by atoms with Gasteiger partial charge in [-0.05, 0) is 57.1 Å². The Balaban J connectivity index is 1.71. The Kier molecular flexibility index (Phi) is 10.9. The van der Waals surface area contributed by atoms with Crippen LogP contribution in [-0.2, 0) is 28.7 Å². The Hall–Kier alpha value is -3.50. The number of fused-ring (bicyclic) bond motifs is 1. The van der Waals surface area contributed by atoms with Crippen molar-refractivity contribution in [1.29, 1.82) is 0 Å². The van der Waals surface area contributed by atoms with E-state index < -0.39 is 47.7 Å². The molecule has 2 N–H and O–H groups in total. The second-order valence-electron chi connectivity index (χ2n) is 12.8. The van der Waals surface area contributed by atoms with E-state index in [-0.39, 0.29) is 43.3 Å². The number of likely N-dealkylation sites (tertiary alicyclic amines) is 1. The number of aryl methyl sites for hydroxylation is 2. The summed E-state index contributed by atoms with van der Waals surface area (Å²) in [5.41, 5.74) is 1.30. The van der Waals surface area contributed by atoms with Crippen LogP contribution in [0.5, 0.6) is 0 Å². The van der Waals surface area contributed by atoms with Gasteiger partial charge in [0, 0.05) is 18.7 Å². The highest BCUT2D eigenvalue weighted by Crippen LogP contribution is 2.59. The number of allylic oxidation sites excluding steroid dienone is 1. The summed E-state index contributed by atoms with van der Waals surface area (Å²) in [5.74, 6) is -3.41. The second kappa shape index (κ2) is 14.3. The fourth-order valence-electron chi connectivity index (χ4n) is 7.51. The van der Waals surface area contributed by atoms with Crippen molar-refractivity contribution in [2.75, 3.05) is 24.6 Å². The van der Waals surface area contributed by atoms with E-state index in [0.717, 1.165) is 16.8 Å². The number of hydrogen-bond donors (Lipinski definition) is 2. The number of carbonyl (C=O) groups is 4. The summed E-state index contributed by atoms with van der Waals surface area (Å²) in [6.45, 7) is 17.0. The van der Waals surface area contributed by atoms with Crippen LogP contribution in [0.2, 0.25) is 0 Å². The molecule has 0 radical (unpaired) electrons. The molecular formula is C35H49N3O7. The lowest BCUT2D eigenvalue weighted by atomic mass is 9.70. The van der Waals surface area contributed by atoms with Gasteiger partial charge in [0.1, 0.15) is 17.7 Å². The molecule has 0 aliphatic carbocycles. The molecule has 3 heterocycles. The zero-order valence-electron chi connectivity index (χ0n) is 27.3. The van der Waals surface area contributed by atoms with E-state index in [9.17, 15) is 24.3 Å². The van der Waals surface area contributed by atoms with E-state index in [1.165, 1.54) is 4.90 Å². The number of rotatable bonds is 15. The van der Waals surface area contributed by atoms with Crippen LogP contribution in [0.3, 0.4) is 0 Å². The summed E-state index contributed by atoms with van der Waals surface area (Å²) in [6, 6.07) is 4.11. The summed E-state index contributed by atoms with van der Waals surface area (Å²) in [7, 11) is 0. The molecule has 3 aliphatic rings. The van der Waals surface area contributed by atoms with Crippen molar-refractivity contribution < 1.29 is 33.8 Å². The van der Waals surface area contributed by atoms with Crippen LogP contribution >= 0.6 is 0 Å². The summed E-state index contributed by atoms with van der Waals surface area (Å²) >= 11 is 0. The summed E-state index contributed by atoms with van der Waals surface area (Å²) < 4.78 is 12.4. The first-order chi connectivity index (χ1) is 21.5. The van der Waals surface area contributed by atoms with Gasteiger partial charge in [0.25, 0.3) is 5.91 Å². The first kappa shape index (κ1) is 34.4. The van der Waals surface area contributed by atoms with E-state index in [0.29, 0.717) is 32.1 Å². The van der Waals surface area contributed by atoms with Crippen LogP contribution in [-0.4, -0.2) is 83.3 Å². The Bertz CT molecular complexity index is 1290. The first-order valence-electron chi connectivity index (χ1n) is 16.1. The van der Waals surface area contributed by atoms with Crippen LogP contribution in [0.25, 0.3) is 0 Å². The minimum atomic E-state index is -1.25. The molecule has 10 heteroatoms. The van der Waals surface area contributed by atoms with E-state index in [1.54, 1.807) is 24.0 Å². The molecule has 1 spiro atoms. The van der Waals surface area contributed by atoms with E-state index in [4.69, 9.17) is 9.47 Å². The third-order valence-electron chi connectivity index (χ3n) is 9.86. The highest BCUT2D eigenvalue weighted by molar-refractivity contribution is 6.05. The van der Waals surface area contributed by atoms with Gasteiger partial charge in [0.15, 0.2) is 0 Å². The van der Waals surface area contributed by atoms with Crippen molar-refractivity contribution in [1.82, 2.24) is 10.2 Å². The number of aliphatic hydroxyl groups is 1. The lowest BCUT2D eigenvalue weighted by Gasteiger charge is -2.41. The van der Waals surface area contributed by atoms with Gasteiger partial charge in [-0.3, -0.25) is 19.2 Å². The Morgan fingerprint density at radius 3 is 2.51 bits per heavy atom. The first-order valence-corrected chi connectivity index (χ1v) is 16.1. The molecule has 1 aromatic rings. The van der Waals surface area contributed by atoms with Gasteiger partial charge < -0.3 is 29.7 Å². The number of amides is 3. The van der Waals surface area contributed by atoms with Gasteiger partial charge in [-0.1, -0.05) is 50.6 Å². The zero-order valence-corrected chi connectivity index (χ0v) is 27.3. The average Bonchev–Trinajstić information content (AvgIpc) is 3.66. The van der Waals surface area contributed by atoms with Crippen molar-refractivity contribution >= 4 is 29.4 Å². The normalized spacial score (nSPS) is 27.0. The van der Waals surface area contributed by atoms with Gasteiger partial charge in [-0.2, -0.15) is 0 Å². The molecule has 2 bridgehead atoms. The quantitative estimate of drug-likeness (QED) is 0.226. The molecule has 0 saturated carbocycles. The molecular weight excluding hydrogens is 574 g/mol. The molecule has 3 amide bonds. The SMILES string of the molecule is C=CCCC(=O)NC[C@@H](C)OC(=O)[C@@H]1[C@H]2C(=O)N([C@@H](CO)[C@@H](C)CC)[C@H](C(=O)N(CC=C)c3c(C)cccc3C)[C@]23CC[C@H]1O3. The van der Waals surface area contributed by atoms with Crippen LogP contribution in [0.15, 0.2) is 43.5 Å². The highest BCUT2D eigenvalue weighted by atomic mass is 16.6. The molecule has 3 saturated heterocycles. The maximum atomic E-state index is 14.9. The number of hydrogen-bond acceptors (Lipinski definition) is 7. The maximum absolute atomic E-state index is 14.9. The molecule has 10 nitrogen and oxygen atoms in total. The van der Waals surface area contributed by atoms with E-state index >= 15 is 0 Å². The number of carbonyl (C=O) groups excluding carboxylic acids is 4. The molecule has 246 valence electrons. The average molecular weight is 624 g/mol. The number of anilines is 1. The molecule has 4 rings (SSSR count). The largest absolute Gasteiger partial charge is 0.460 e. The maximum Gasteiger partial charge on any atom is 0.312 e. The van der Waals surface area contributed by atoms with Crippen molar-refractivity contribution in [2.45, 2.75) is 96.6 Å². The van der Waals surface area contributed by atoms with Gasteiger partial charge in [0.05, 0.1) is 37.1 Å². The fourth-order valence-corrected chi connectivity index (χ4v) is 7.51. The lowest BCUT2D eigenvalue weighted by molar-refractivity contribution is -0.160. The minimum absolute atomic E-state index is 0.121. The van der Waals surface area contributed by atoms with Crippen LogP contribution in [0, 0.1) is 31.6 Å². The number of esters is 1. The van der Waals surface area contributed by atoms with Crippen molar-refractivity contribution in [3.63, 3.8) is 0 Å². The Labute approximate surface area is 266 Å². The van der Waals surface area contributed by atoms with Gasteiger partial charge in [0.2, 0.25) is 11.8 Å². The Morgan fingerprint density at radius 1 is 1.22 bits per heavy atom. The molecule has 45 heavy (non-hydrogen) atoms. The standard InChI is InChI=1S/C35H49N3O7/c1-8-11-15-27(40)36-19-24(7)44-34(43)28-26-16-17-35(45-26)29(28)32(41)38(25(20-39)21(4)10-3)31(35)33(42)37(18-9-2)30-22(5)13-12-14-23(30)6/h8-9,12-14,21,24-26,28-29,31,39H,1-2,10-11,15-20H2,3-7H3,(H,36,40)/t21-,24+,25-,26+,28-,29-,31+,35-/m0/s1. The number of nitrogens with one attached hydrogen (secondary N) is 1. The Morgan fingerprint density at radius 2 is 1.91 bits per heavy atom. The number of para-hydroxylation sites is 1. The molecule has 3 aliphatic heterocycles. The predicted molar refractivity (Wildman–Crippen MR) is 171 cm³/mol. The molecule has 0 unspecified atom stereocenters. The third-order valence-corrected chi connectivity index (χ3v) is 9.86. The fraction of sp³-hybridized carbons (Fsp3) is 0.600. The number of aliphatic hydroxyl groups excluding tert-OH is 1. The number of ether oxygens (including phenoxy) is 2. The summed E-state index contributed by atoms with van der Waals surface area (Å²) in [4.78, 5) is 58.4. The smallest absolute Gasteiger partial charge is 0.312 e. The monoisotopic (exact) mass is 623 g/mol. The van der Waals surface area contributed by atoms with E-state index in [2.05, 4.69) is 18.5 Å². The van der Waals surface area contributed by atoms with Gasteiger partial charge in [-0.25, -0.2) is 0 Å². The van der Waals surface area contributed by atoms with Crippen LogP contribution < -0.4 is 10.2 Å².